The van der Waals surface area contributed by atoms with Crippen LogP contribution in [-0.2, 0) is 9.53 Å². The molecule has 0 aromatic heterocycles. The Morgan fingerprint density at radius 3 is 2.60 bits per heavy atom. The molecular formula is C20H31N3O2. The third kappa shape index (κ3) is 4.95. The number of hydrogen-bond donors (Lipinski definition) is 0. The van der Waals surface area contributed by atoms with E-state index in [-0.39, 0.29) is 12.5 Å². The number of carbonyl (C=O) groups is 1. The van der Waals surface area contributed by atoms with Crippen LogP contribution in [0.2, 0.25) is 0 Å². The summed E-state index contributed by atoms with van der Waals surface area (Å²) in [4.78, 5) is 19.4. The summed E-state index contributed by atoms with van der Waals surface area (Å²) in [6.45, 7) is 9.00. The summed E-state index contributed by atoms with van der Waals surface area (Å²) in [5, 5.41) is 0. The zero-order valence-corrected chi connectivity index (χ0v) is 15.4. The second-order valence-corrected chi connectivity index (χ2v) is 7.05. The van der Waals surface area contributed by atoms with Crippen molar-refractivity contribution >= 4 is 11.6 Å². The molecule has 2 fully saturated rings. The number of hydrogen-bond acceptors (Lipinski definition) is 4. The van der Waals surface area contributed by atoms with E-state index in [0.29, 0.717) is 12.6 Å². The topological polar surface area (TPSA) is 36.0 Å². The Labute approximate surface area is 151 Å². The highest BCUT2D eigenvalue weighted by molar-refractivity contribution is 5.77. The van der Waals surface area contributed by atoms with Crippen molar-refractivity contribution in [3.05, 3.63) is 30.3 Å². The minimum absolute atomic E-state index is 0.154. The quantitative estimate of drug-likeness (QED) is 0.741. The molecule has 0 aliphatic carbocycles. The molecule has 1 unspecified atom stereocenters. The second kappa shape index (κ2) is 9.20. The normalized spacial score (nSPS) is 22.2. The summed E-state index contributed by atoms with van der Waals surface area (Å²) in [7, 11) is 0. The van der Waals surface area contributed by atoms with Gasteiger partial charge in [-0.2, -0.15) is 0 Å². The highest BCUT2D eigenvalue weighted by atomic mass is 16.5. The molecule has 0 N–H and O–H groups in total. The molecule has 5 heteroatoms. The first-order valence-corrected chi connectivity index (χ1v) is 9.67. The number of amides is 1. The second-order valence-electron chi connectivity index (χ2n) is 7.05. The molecule has 1 aromatic rings. The van der Waals surface area contributed by atoms with Gasteiger partial charge in [-0.3, -0.25) is 9.69 Å². The Hall–Kier alpha value is -1.59. The monoisotopic (exact) mass is 345 g/mol. The van der Waals surface area contributed by atoms with E-state index in [2.05, 4.69) is 47.1 Å². The molecule has 2 heterocycles. The van der Waals surface area contributed by atoms with E-state index in [9.17, 15) is 4.79 Å². The van der Waals surface area contributed by atoms with Crippen LogP contribution < -0.4 is 4.90 Å². The maximum absolute atomic E-state index is 12.3. The first-order chi connectivity index (χ1) is 12.3. The maximum atomic E-state index is 12.3. The van der Waals surface area contributed by atoms with Crippen molar-refractivity contribution < 1.29 is 9.53 Å². The predicted octanol–water partition coefficient (Wildman–Crippen LogP) is 2.23. The van der Waals surface area contributed by atoms with E-state index >= 15 is 0 Å². The third-order valence-electron chi connectivity index (χ3n) is 5.28. The standard InChI is InChI=1S/C20H31N3O2/c1-2-15-25-17-20(24)23-10-6-9-19(16-23)22-13-11-21(12-14-22)18-7-4-3-5-8-18/h3-5,7-8,19H,2,6,9-17H2,1H3. The number of benzene rings is 1. The number of carbonyl (C=O) groups excluding carboxylic acids is 1. The third-order valence-corrected chi connectivity index (χ3v) is 5.28. The van der Waals surface area contributed by atoms with Crippen molar-refractivity contribution in [1.29, 1.82) is 0 Å². The lowest BCUT2D eigenvalue weighted by Gasteiger charge is -2.44. The fourth-order valence-corrected chi connectivity index (χ4v) is 3.86. The average Bonchev–Trinajstić information content (AvgIpc) is 2.69. The fourth-order valence-electron chi connectivity index (χ4n) is 3.86. The minimum Gasteiger partial charge on any atom is -0.372 e. The van der Waals surface area contributed by atoms with Gasteiger partial charge in [-0.05, 0) is 31.4 Å². The maximum Gasteiger partial charge on any atom is 0.248 e. The average molecular weight is 345 g/mol. The van der Waals surface area contributed by atoms with Gasteiger partial charge in [0.25, 0.3) is 0 Å². The van der Waals surface area contributed by atoms with E-state index in [1.54, 1.807) is 0 Å². The SMILES string of the molecule is CCCOCC(=O)N1CCCC(N2CCN(c3ccccc3)CC2)C1. The number of piperidine rings is 1. The first kappa shape index (κ1) is 18.2. The lowest BCUT2D eigenvalue weighted by Crippen LogP contribution is -2.56. The largest absolute Gasteiger partial charge is 0.372 e. The van der Waals surface area contributed by atoms with Gasteiger partial charge in [0.2, 0.25) is 5.91 Å². The molecular weight excluding hydrogens is 314 g/mol. The Bertz CT molecular complexity index is 529. The van der Waals surface area contributed by atoms with Crippen molar-refractivity contribution in [2.75, 3.05) is 57.4 Å². The Morgan fingerprint density at radius 2 is 1.88 bits per heavy atom. The summed E-state index contributed by atoms with van der Waals surface area (Å²) >= 11 is 0. The number of piperazine rings is 1. The highest BCUT2D eigenvalue weighted by Gasteiger charge is 2.29. The molecule has 0 saturated carbocycles. The number of rotatable bonds is 6. The summed E-state index contributed by atoms with van der Waals surface area (Å²) in [6.07, 6.45) is 3.26. The molecule has 138 valence electrons. The van der Waals surface area contributed by atoms with Gasteiger partial charge >= 0.3 is 0 Å². The van der Waals surface area contributed by atoms with Crippen LogP contribution >= 0.6 is 0 Å². The molecule has 1 aromatic carbocycles. The first-order valence-electron chi connectivity index (χ1n) is 9.67. The highest BCUT2D eigenvalue weighted by Crippen LogP contribution is 2.21. The van der Waals surface area contributed by atoms with Crippen LogP contribution in [0.1, 0.15) is 26.2 Å². The molecule has 5 nitrogen and oxygen atoms in total. The molecule has 0 bridgehead atoms. The Balaban J connectivity index is 1.47. The number of ether oxygens (including phenoxy) is 1. The van der Waals surface area contributed by atoms with Gasteiger partial charge in [0.1, 0.15) is 6.61 Å². The molecule has 1 atom stereocenters. The van der Waals surface area contributed by atoms with E-state index in [4.69, 9.17) is 4.74 Å². The van der Waals surface area contributed by atoms with Gasteiger partial charge in [0.05, 0.1) is 0 Å². The van der Waals surface area contributed by atoms with E-state index in [1.807, 2.05) is 4.90 Å². The van der Waals surface area contributed by atoms with Gasteiger partial charge in [-0.15, -0.1) is 0 Å². The lowest BCUT2D eigenvalue weighted by molar-refractivity contribution is -0.138. The van der Waals surface area contributed by atoms with Crippen LogP contribution in [0.15, 0.2) is 30.3 Å². The van der Waals surface area contributed by atoms with Gasteiger partial charge in [-0.1, -0.05) is 25.1 Å². The molecule has 2 aliphatic rings. The van der Waals surface area contributed by atoms with Crippen LogP contribution in [0.25, 0.3) is 0 Å². The summed E-state index contributed by atoms with van der Waals surface area (Å²) in [6, 6.07) is 11.2. The summed E-state index contributed by atoms with van der Waals surface area (Å²) < 4.78 is 5.43. The van der Waals surface area contributed by atoms with Crippen LogP contribution in [0.3, 0.4) is 0 Å². The Kier molecular flexibility index (Phi) is 6.70. The fraction of sp³-hybridized carbons (Fsp3) is 0.650. The van der Waals surface area contributed by atoms with Crippen molar-refractivity contribution in [3.8, 4) is 0 Å². The number of nitrogens with zero attached hydrogens (tertiary/aromatic N) is 3. The van der Waals surface area contributed by atoms with Crippen molar-refractivity contribution in [3.63, 3.8) is 0 Å². The van der Waals surface area contributed by atoms with Gasteiger partial charge in [0.15, 0.2) is 0 Å². The molecule has 3 rings (SSSR count). The van der Waals surface area contributed by atoms with E-state index in [0.717, 1.165) is 52.1 Å². The summed E-state index contributed by atoms with van der Waals surface area (Å²) in [5.41, 5.74) is 1.32. The molecule has 25 heavy (non-hydrogen) atoms. The predicted molar refractivity (Wildman–Crippen MR) is 101 cm³/mol. The molecule has 0 spiro atoms. The number of para-hydroxylation sites is 1. The van der Waals surface area contributed by atoms with Crippen molar-refractivity contribution in [2.24, 2.45) is 0 Å². The zero-order valence-electron chi connectivity index (χ0n) is 15.4. The van der Waals surface area contributed by atoms with Crippen LogP contribution in [0.4, 0.5) is 5.69 Å². The molecule has 2 aliphatic heterocycles. The molecule has 0 radical (unpaired) electrons. The molecule has 1 amide bonds. The zero-order chi connectivity index (χ0) is 17.5. The lowest BCUT2D eigenvalue weighted by atomic mass is 10.0. The van der Waals surface area contributed by atoms with Gasteiger partial charge < -0.3 is 14.5 Å². The molecule has 2 saturated heterocycles. The number of anilines is 1. The van der Waals surface area contributed by atoms with Gasteiger partial charge in [0, 0.05) is 57.6 Å². The van der Waals surface area contributed by atoms with Gasteiger partial charge in [-0.25, -0.2) is 0 Å². The summed E-state index contributed by atoms with van der Waals surface area (Å²) in [5.74, 6) is 0.154. The van der Waals surface area contributed by atoms with Crippen molar-refractivity contribution in [1.82, 2.24) is 9.80 Å². The van der Waals surface area contributed by atoms with Crippen molar-refractivity contribution in [2.45, 2.75) is 32.2 Å². The van der Waals surface area contributed by atoms with Crippen LogP contribution in [0, 0.1) is 0 Å². The minimum atomic E-state index is 0.154. The smallest absolute Gasteiger partial charge is 0.248 e. The van der Waals surface area contributed by atoms with Crippen LogP contribution in [-0.4, -0.2) is 74.2 Å². The van der Waals surface area contributed by atoms with Crippen LogP contribution in [0.5, 0.6) is 0 Å². The van der Waals surface area contributed by atoms with E-state index < -0.39 is 0 Å². The Morgan fingerprint density at radius 1 is 1.12 bits per heavy atom. The number of likely N-dealkylation sites (tertiary alicyclic amines) is 1. The van der Waals surface area contributed by atoms with E-state index in [1.165, 1.54) is 12.1 Å².